The molecule has 0 fully saturated rings. The fourth-order valence-corrected chi connectivity index (χ4v) is 4.39. The Bertz CT molecular complexity index is 1320. The second kappa shape index (κ2) is 4.18. The topological polar surface area (TPSA) is 17.3 Å². The van der Waals surface area contributed by atoms with Crippen molar-refractivity contribution in [3.63, 3.8) is 0 Å². The molecule has 0 saturated heterocycles. The van der Waals surface area contributed by atoms with Crippen LogP contribution in [0.25, 0.3) is 27.3 Å². The second-order valence-corrected chi connectivity index (χ2v) is 7.33. The fourth-order valence-electron chi connectivity index (χ4n) is 4.39. The zero-order valence-corrected chi connectivity index (χ0v) is 14.1. The molecule has 0 unspecified atom stereocenters. The molecule has 5 rings (SSSR count). The van der Waals surface area contributed by atoms with Gasteiger partial charge in [0.1, 0.15) is 5.65 Å². The summed E-state index contributed by atoms with van der Waals surface area (Å²) in [7, 11) is 0. The molecule has 126 valence electrons. The Kier molecular flexibility index (Phi) is 2.00. The first-order valence-electron chi connectivity index (χ1n) is 9.73. The number of rotatable bonds is 0. The number of halogens is 2. The Balaban J connectivity index is 2.23. The van der Waals surface area contributed by atoms with Crippen molar-refractivity contribution in [2.45, 2.75) is 39.0 Å². The van der Waals surface area contributed by atoms with Crippen LogP contribution in [0.2, 0.25) is 0 Å². The lowest BCUT2D eigenvalue weighted by molar-refractivity contribution is -0.0761. The van der Waals surface area contributed by atoms with Gasteiger partial charge >= 0.3 is 0 Å². The average Bonchev–Trinajstić information content (AvgIpc) is 2.97. The molecule has 4 aromatic rings. The summed E-state index contributed by atoms with van der Waals surface area (Å²) >= 11 is 0. The molecular formula is C21H18F2N2. The van der Waals surface area contributed by atoms with E-state index in [2.05, 4.69) is 4.98 Å². The van der Waals surface area contributed by atoms with E-state index >= 15 is 8.78 Å². The number of pyridine rings is 1. The molecule has 0 aliphatic carbocycles. The van der Waals surface area contributed by atoms with Crippen LogP contribution in [0, 0.1) is 13.8 Å². The van der Waals surface area contributed by atoms with Crippen molar-refractivity contribution in [1.82, 2.24) is 9.38 Å². The third-order valence-electron chi connectivity index (χ3n) is 5.61. The van der Waals surface area contributed by atoms with Crippen LogP contribution in [0.5, 0.6) is 0 Å². The van der Waals surface area contributed by atoms with Crippen LogP contribution in [-0.4, -0.2) is 9.38 Å². The molecule has 1 aliphatic rings. The molecular weight excluding hydrogens is 318 g/mol. The number of aromatic nitrogens is 2. The van der Waals surface area contributed by atoms with E-state index < -0.39 is 18.2 Å². The van der Waals surface area contributed by atoms with E-state index in [0.29, 0.717) is 27.8 Å². The van der Waals surface area contributed by atoms with E-state index in [1.807, 2.05) is 12.1 Å². The van der Waals surface area contributed by atoms with Crippen molar-refractivity contribution in [3.05, 3.63) is 58.9 Å². The Labute approximate surface area is 148 Å². The molecule has 0 bridgehead atoms. The van der Waals surface area contributed by atoms with Gasteiger partial charge in [0.05, 0.1) is 22.3 Å². The van der Waals surface area contributed by atoms with Gasteiger partial charge in [-0.15, -0.1) is 0 Å². The number of fused-ring (bicyclic) bond motifs is 3. The number of aryl methyl sites for hydroxylation is 2. The van der Waals surface area contributed by atoms with Gasteiger partial charge in [0.15, 0.2) is 0 Å². The van der Waals surface area contributed by atoms with Crippen molar-refractivity contribution in [2.24, 2.45) is 0 Å². The van der Waals surface area contributed by atoms with Crippen LogP contribution >= 0.6 is 0 Å². The van der Waals surface area contributed by atoms with Gasteiger partial charge in [-0.2, -0.15) is 0 Å². The van der Waals surface area contributed by atoms with E-state index in [4.69, 9.17) is 4.11 Å². The molecule has 0 amide bonds. The Morgan fingerprint density at radius 2 is 1.80 bits per heavy atom. The summed E-state index contributed by atoms with van der Waals surface area (Å²) < 4.78 is 57.0. The predicted molar refractivity (Wildman–Crippen MR) is 96.6 cm³/mol. The minimum absolute atomic E-state index is 0.0807. The van der Waals surface area contributed by atoms with Crippen LogP contribution in [0.15, 0.2) is 36.4 Å². The van der Waals surface area contributed by atoms with E-state index in [1.54, 1.807) is 23.5 Å². The summed E-state index contributed by atoms with van der Waals surface area (Å²) in [6, 6.07) is 9.90. The minimum atomic E-state index is -3.17. The van der Waals surface area contributed by atoms with E-state index in [-0.39, 0.29) is 16.6 Å². The molecule has 0 atom stereocenters. The standard InChI is InChI=1S/C21H18F2N2/c1-11-9-10-15-17-16(11)13-7-5-6-8-14(13)19-24-12(2)18(25(17)19)20(3,4)21(15,22)23/h5-10H,1-4H3/i1D3. The molecule has 2 aromatic heterocycles. The highest BCUT2D eigenvalue weighted by atomic mass is 19.3. The first kappa shape index (κ1) is 12.0. The summed E-state index contributed by atoms with van der Waals surface area (Å²) in [5.74, 6) is -3.17. The van der Waals surface area contributed by atoms with Crippen LogP contribution in [0.3, 0.4) is 0 Å². The highest BCUT2D eigenvalue weighted by Gasteiger charge is 2.55. The number of hydrogen-bond acceptors (Lipinski definition) is 1. The van der Waals surface area contributed by atoms with Gasteiger partial charge in [0.25, 0.3) is 5.92 Å². The van der Waals surface area contributed by atoms with E-state index in [1.165, 1.54) is 26.0 Å². The maximum Gasteiger partial charge on any atom is 0.285 e. The summed E-state index contributed by atoms with van der Waals surface area (Å²) in [5.41, 5.74) is 0.245. The monoisotopic (exact) mass is 339 g/mol. The van der Waals surface area contributed by atoms with Gasteiger partial charge in [-0.25, -0.2) is 13.8 Å². The van der Waals surface area contributed by atoms with Crippen LogP contribution in [0.1, 0.15) is 40.5 Å². The molecule has 2 aromatic carbocycles. The molecule has 4 heteroatoms. The smallest absolute Gasteiger partial charge is 0.285 e. The van der Waals surface area contributed by atoms with Crippen molar-refractivity contribution in [2.75, 3.05) is 0 Å². The first-order chi connectivity index (χ1) is 13.0. The number of benzene rings is 2. The van der Waals surface area contributed by atoms with Gasteiger partial charge < -0.3 is 0 Å². The third kappa shape index (κ3) is 1.47. The van der Waals surface area contributed by atoms with Crippen molar-refractivity contribution < 1.29 is 12.9 Å². The molecule has 1 aliphatic heterocycles. The van der Waals surface area contributed by atoms with E-state index in [0.717, 1.165) is 5.39 Å². The SMILES string of the molecule is [2H]C([2H])([2H])c1ccc2c3c1c1ccccc1c1nc(C)c(n13)C(C)(C)C2(F)F. The normalized spacial score (nSPS) is 20.1. The molecule has 3 heterocycles. The molecule has 0 N–H and O–H groups in total. The van der Waals surface area contributed by atoms with Gasteiger partial charge in [0.2, 0.25) is 0 Å². The van der Waals surface area contributed by atoms with Gasteiger partial charge in [-0.3, -0.25) is 4.40 Å². The summed E-state index contributed by atoms with van der Waals surface area (Å²) in [6.45, 7) is 2.35. The molecule has 0 spiro atoms. The predicted octanol–water partition coefficient (Wildman–Crippen LogP) is 5.64. The van der Waals surface area contributed by atoms with Gasteiger partial charge in [0, 0.05) is 20.4 Å². The van der Waals surface area contributed by atoms with Crippen molar-refractivity contribution in [3.8, 4) is 0 Å². The van der Waals surface area contributed by atoms with Crippen LogP contribution < -0.4 is 0 Å². The molecule has 0 saturated carbocycles. The maximum atomic E-state index is 15.7. The number of imidazole rings is 1. The largest absolute Gasteiger partial charge is 0.295 e. The summed E-state index contributed by atoms with van der Waals surface area (Å²) in [4.78, 5) is 4.64. The number of nitrogens with zero attached hydrogens (tertiary/aromatic N) is 2. The zero-order chi connectivity index (χ0) is 20.2. The number of alkyl halides is 2. The Morgan fingerprint density at radius 1 is 1.08 bits per heavy atom. The second-order valence-electron chi connectivity index (χ2n) is 7.33. The van der Waals surface area contributed by atoms with Crippen molar-refractivity contribution >= 4 is 27.3 Å². The lowest BCUT2D eigenvalue weighted by Gasteiger charge is -2.39. The minimum Gasteiger partial charge on any atom is -0.295 e. The van der Waals surface area contributed by atoms with Crippen molar-refractivity contribution in [1.29, 1.82) is 0 Å². The average molecular weight is 339 g/mol. The van der Waals surface area contributed by atoms with Crippen LogP contribution in [0.4, 0.5) is 8.78 Å². The highest BCUT2D eigenvalue weighted by molar-refractivity contribution is 6.14. The lowest BCUT2D eigenvalue weighted by Crippen LogP contribution is -2.42. The molecule has 0 radical (unpaired) electrons. The quantitative estimate of drug-likeness (QED) is 0.379. The zero-order valence-electron chi connectivity index (χ0n) is 17.1. The molecule has 2 nitrogen and oxygen atoms in total. The Hall–Kier alpha value is -2.49. The summed E-state index contributed by atoms with van der Waals surface area (Å²) in [6.07, 6.45) is 0. The summed E-state index contributed by atoms with van der Waals surface area (Å²) in [5, 5.41) is 1.74. The lowest BCUT2D eigenvalue weighted by atomic mass is 9.74. The fraction of sp³-hybridized carbons (Fsp3) is 0.286. The van der Waals surface area contributed by atoms with E-state index in [9.17, 15) is 0 Å². The van der Waals surface area contributed by atoms with Gasteiger partial charge in [-0.1, -0.05) is 36.4 Å². The van der Waals surface area contributed by atoms with Crippen LogP contribution in [-0.2, 0) is 11.3 Å². The maximum absolute atomic E-state index is 15.7. The first-order valence-corrected chi connectivity index (χ1v) is 8.23. The van der Waals surface area contributed by atoms with Gasteiger partial charge in [-0.05, 0) is 38.6 Å². The molecule has 25 heavy (non-hydrogen) atoms. The number of hydrogen-bond donors (Lipinski definition) is 0. The third-order valence-corrected chi connectivity index (χ3v) is 5.61. The highest BCUT2D eigenvalue weighted by Crippen LogP contribution is 2.54. The Morgan fingerprint density at radius 3 is 2.52 bits per heavy atom.